The normalized spacial score (nSPS) is 10.7. The Morgan fingerprint density at radius 2 is 0.733 bits per heavy atom. The minimum atomic E-state index is 0.985. The second-order valence-electron chi connectivity index (χ2n) is 7.32. The zero-order chi connectivity index (χ0) is 20.2. The van der Waals surface area contributed by atoms with Crippen LogP contribution in [-0.4, -0.2) is 4.98 Å². The highest BCUT2D eigenvalue weighted by molar-refractivity contribution is 5.74. The third kappa shape index (κ3) is 3.78. The van der Waals surface area contributed by atoms with Gasteiger partial charge in [-0.05, 0) is 45.5 Å². The Balaban J connectivity index is 1.42. The highest BCUT2D eigenvalue weighted by Crippen LogP contribution is 2.28. The molecule has 4 aromatic carbocycles. The van der Waals surface area contributed by atoms with Gasteiger partial charge in [0.1, 0.15) is 0 Å². The zero-order valence-corrected chi connectivity index (χ0v) is 16.6. The van der Waals surface area contributed by atoms with Gasteiger partial charge in [-0.3, -0.25) is 4.98 Å². The quantitative estimate of drug-likeness (QED) is 0.309. The summed E-state index contributed by atoms with van der Waals surface area (Å²) in [4.78, 5) is 4.60. The molecule has 142 valence electrons. The van der Waals surface area contributed by atoms with Crippen molar-refractivity contribution in [3.8, 4) is 44.6 Å². The number of hydrogen-bond acceptors (Lipinski definition) is 1. The van der Waals surface area contributed by atoms with E-state index < -0.39 is 0 Å². The van der Waals surface area contributed by atoms with Gasteiger partial charge in [0, 0.05) is 11.8 Å². The molecule has 0 amide bonds. The van der Waals surface area contributed by atoms with Gasteiger partial charge in [0.2, 0.25) is 0 Å². The van der Waals surface area contributed by atoms with Crippen LogP contribution in [0.2, 0.25) is 0 Å². The molecule has 1 heterocycles. The molecule has 0 spiro atoms. The molecule has 0 saturated heterocycles. The van der Waals surface area contributed by atoms with Crippen LogP contribution in [0, 0.1) is 0 Å². The average molecular weight is 383 g/mol. The van der Waals surface area contributed by atoms with Crippen molar-refractivity contribution < 1.29 is 0 Å². The number of pyridine rings is 1. The van der Waals surface area contributed by atoms with Crippen LogP contribution in [0.1, 0.15) is 0 Å². The lowest BCUT2D eigenvalue weighted by Crippen LogP contribution is -1.86. The lowest BCUT2D eigenvalue weighted by Gasteiger charge is -2.08. The van der Waals surface area contributed by atoms with E-state index in [-0.39, 0.29) is 0 Å². The molecule has 1 nitrogen and oxygen atoms in total. The summed E-state index contributed by atoms with van der Waals surface area (Å²) in [5.74, 6) is 0. The highest BCUT2D eigenvalue weighted by Gasteiger charge is 2.05. The van der Waals surface area contributed by atoms with E-state index in [0.717, 1.165) is 11.3 Å². The third-order valence-electron chi connectivity index (χ3n) is 5.37. The molecule has 0 aliphatic heterocycles. The van der Waals surface area contributed by atoms with Gasteiger partial charge in [0.05, 0.1) is 5.69 Å². The average Bonchev–Trinajstić information content (AvgIpc) is 2.85. The Bertz CT molecular complexity index is 1140. The van der Waals surface area contributed by atoms with Crippen LogP contribution in [0.5, 0.6) is 0 Å². The summed E-state index contributed by atoms with van der Waals surface area (Å²) in [7, 11) is 0. The summed E-state index contributed by atoms with van der Waals surface area (Å²) in [5, 5.41) is 0. The first kappa shape index (κ1) is 18.1. The lowest BCUT2D eigenvalue weighted by molar-refractivity contribution is 1.33. The summed E-state index contributed by atoms with van der Waals surface area (Å²) in [5.41, 5.74) is 9.38. The first-order chi connectivity index (χ1) is 14.9. The SMILES string of the molecule is c1ccc(-c2ccc(-c3ccnc(-c4ccc(-c5ccccc5)cc4)c3)cc2)cc1. The van der Waals surface area contributed by atoms with Gasteiger partial charge in [-0.25, -0.2) is 0 Å². The molecule has 0 fully saturated rings. The minimum Gasteiger partial charge on any atom is -0.256 e. The topological polar surface area (TPSA) is 12.9 Å². The minimum absolute atomic E-state index is 0.985. The molecule has 0 radical (unpaired) electrons. The molecule has 5 aromatic rings. The molecule has 0 aliphatic rings. The maximum absolute atomic E-state index is 4.60. The van der Waals surface area contributed by atoms with E-state index in [1.807, 2.05) is 18.3 Å². The smallest absolute Gasteiger partial charge is 0.0708 e. The van der Waals surface area contributed by atoms with Crippen molar-refractivity contribution in [2.75, 3.05) is 0 Å². The van der Waals surface area contributed by atoms with Gasteiger partial charge in [0.25, 0.3) is 0 Å². The molecule has 0 unspecified atom stereocenters. The molecule has 5 rings (SSSR count). The second kappa shape index (κ2) is 8.18. The van der Waals surface area contributed by atoms with Crippen LogP contribution in [0.25, 0.3) is 44.6 Å². The van der Waals surface area contributed by atoms with E-state index in [1.54, 1.807) is 0 Å². The molecular formula is C29H21N. The number of benzene rings is 4. The van der Waals surface area contributed by atoms with Crippen molar-refractivity contribution in [2.45, 2.75) is 0 Å². The molecule has 0 atom stereocenters. The number of nitrogens with zero attached hydrogens (tertiary/aromatic N) is 1. The predicted octanol–water partition coefficient (Wildman–Crippen LogP) is 7.75. The van der Waals surface area contributed by atoms with Crippen LogP contribution in [-0.2, 0) is 0 Å². The van der Waals surface area contributed by atoms with Crippen LogP contribution < -0.4 is 0 Å². The Hall–Kier alpha value is -3.97. The van der Waals surface area contributed by atoms with Gasteiger partial charge in [-0.2, -0.15) is 0 Å². The summed E-state index contributed by atoms with van der Waals surface area (Å²) < 4.78 is 0. The van der Waals surface area contributed by atoms with Crippen LogP contribution >= 0.6 is 0 Å². The van der Waals surface area contributed by atoms with Crippen molar-refractivity contribution in [3.63, 3.8) is 0 Å². The maximum Gasteiger partial charge on any atom is 0.0708 e. The fraction of sp³-hybridized carbons (Fsp3) is 0. The van der Waals surface area contributed by atoms with Gasteiger partial charge in [-0.1, -0.05) is 109 Å². The zero-order valence-electron chi connectivity index (χ0n) is 16.6. The first-order valence-corrected chi connectivity index (χ1v) is 10.1. The van der Waals surface area contributed by atoms with Crippen molar-refractivity contribution in [1.29, 1.82) is 0 Å². The standard InChI is InChI=1S/C29H21N/c1-3-7-22(8-4-1)24-11-13-26(14-12-24)28-19-20-30-29(21-28)27-17-15-25(16-18-27)23-9-5-2-6-10-23/h1-21H. The van der Waals surface area contributed by atoms with Crippen molar-refractivity contribution >= 4 is 0 Å². The van der Waals surface area contributed by atoms with Gasteiger partial charge >= 0.3 is 0 Å². The molecule has 0 saturated carbocycles. The van der Waals surface area contributed by atoms with Gasteiger partial charge in [-0.15, -0.1) is 0 Å². The largest absolute Gasteiger partial charge is 0.256 e. The van der Waals surface area contributed by atoms with Gasteiger partial charge < -0.3 is 0 Å². The Kier molecular flexibility index (Phi) is 4.93. The molecule has 1 heteroatoms. The fourth-order valence-electron chi connectivity index (χ4n) is 3.72. The monoisotopic (exact) mass is 383 g/mol. The van der Waals surface area contributed by atoms with E-state index in [2.05, 4.69) is 114 Å². The molecule has 0 aliphatic carbocycles. The first-order valence-electron chi connectivity index (χ1n) is 10.1. The Morgan fingerprint density at radius 1 is 0.333 bits per heavy atom. The lowest BCUT2D eigenvalue weighted by atomic mass is 9.99. The molecule has 30 heavy (non-hydrogen) atoms. The van der Waals surface area contributed by atoms with E-state index in [1.165, 1.54) is 33.4 Å². The summed E-state index contributed by atoms with van der Waals surface area (Å²) in [6, 6.07) is 42.5. The van der Waals surface area contributed by atoms with E-state index in [4.69, 9.17) is 0 Å². The maximum atomic E-state index is 4.60. The molecule has 0 bridgehead atoms. The Morgan fingerprint density at radius 3 is 1.23 bits per heavy atom. The van der Waals surface area contributed by atoms with Crippen molar-refractivity contribution in [3.05, 3.63) is 128 Å². The number of aromatic nitrogens is 1. The van der Waals surface area contributed by atoms with E-state index in [0.29, 0.717) is 0 Å². The predicted molar refractivity (Wildman–Crippen MR) is 126 cm³/mol. The van der Waals surface area contributed by atoms with Crippen LogP contribution in [0.4, 0.5) is 0 Å². The van der Waals surface area contributed by atoms with E-state index in [9.17, 15) is 0 Å². The second-order valence-corrected chi connectivity index (χ2v) is 7.32. The van der Waals surface area contributed by atoms with E-state index >= 15 is 0 Å². The summed E-state index contributed by atoms with van der Waals surface area (Å²) in [6.07, 6.45) is 1.89. The molecular weight excluding hydrogens is 362 g/mol. The number of hydrogen-bond donors (Lipinski definition) is 0. The van der Waals surface area contributed by atoms with Crippen molar-refractivity contribution in [1.82, 2.24) is 4.98 Å². The van der Waals surface area contributed by atoms with Gasteiger partial charge in [0.15, 0.2) is 0 Å². The molecule has 0 N–H and O–H groups in total. The van der Waals surface area contributed by atoms with Crippen molar-refractivity contribution in [2.24, 2.45) is 0 Å². The van der Waals surface area contributed by atoms with Crippen LogP contribution in [0.15, 0.2) is 128 Å². The van der Waals surface area contributed by atoms with Crippen LogP contribution in [0.3, 0.4) is 0 Å². The molecule has 1 aromatic heterocycles. The fourth-order valence-corrected chi connectivity index (χ4v) is 3.72. The Labute approximate surface area is 177 Å². The summed E-state index contributed by atoms with van der Waals surface area (Å²) in [6.45, 7) is 0. The third-order valence-corrected chi connectivity index (χ3v) is 5.37. The summed E-state index contributed by atoms with van der Waals surface area (Å²) >= 11 is 0. The highest BCUT2D eigenvalue weighted by atomic mass is 14.7. The number of rotatable bonds is 4.